The maximum Gasteiger partial charge on any atom is 0.159 e. The first kappa shape index (κ1) is 26.4. The van der Waals surface area contributed by atoms with E-state index in [2.05, 4.69) is 145 Å². The maximum absolute atomic E-state index is 6.28. The van der Waals surface area contributed by atoms with Crippen LogP contribution in [0.2, 0.25) is 13.1 Å². The van der Waals surface area contributed by atoms with Crippen molar-refractivity contribution in [3.63, 3.8) is 0 Å². The largest absolute Gasteiger partial charge is 0.456 e. The number of nitrogens with zero attached hydrogens (tertiary/aromatic N) is 3. The van der Waals surface area contributed by atoms with Crippen LogP contribution in [0, 0.1) is 0 Å². The van der Waals surface area contributed by atoms with E-state index < -0.39 is 8.07 Å². The third kappa shape index (κ3) is 3.75. The molecule has 0 atom stereocenters. The number of aromatic nitrogens is 3. The molecule has 0 radical (unpaired) electrons. The molecule has 0 amide bonds. The maximum atomic E-state index is 6.28. The van der Waals surface area contributed by atoms with E-state index in [-0.39, 0.29) is 0 Å². The van der Waals surface area contributed by atoms with Gasteiger partial charge in [-0.15, -0.1) is 0 Å². The van der Waals surface area contributed by atoms with Gasteiger partial charge >= 0.3 is 0 Å². The van der Waals surface area contributed by atoms with Crippen LogP contribution in [-0.2, 0) is 0 Å². The normalized spacial score (nSPS) is 13.5. The second-order valence-electron chi connectivity index (χ2n) is 13.0. The molecule has 4 heterocycles. The molecule has 0 bridgehead atoms. The molecule has 4 nitrogen and oxygen atoms in total. The number of para-hydroxylation sites is 2. The summed E-state index contributed by atoms with van der Waals surface area (Å²) in [5.74, 6) is 0.774. The van der Waals surface area contributed by atoms with Gasteiger partial charge in [0.2, 0.25) is 0 Å². The molecular formula is C42H29N3OSi. The Kier molecular flexibility index (Phi) is 5.41. The molecule has 0 saturated heterocycles. The summed E-state index contributed by atoms with van der Waals surface area (Å²) in [5.41, 5.74) is 10.9. The highest BCUT2D eigenvalue weighted by molar-refractivity contribution is 7.03. The Hall–Kier alpha value is -5.78. The van der Waals surface area contributed by atoms with Crippen molar-refractivity contribution >= 4 is 62.3 Å². The Morgan fingerprint density at radius 2 is 1.28 bits per heavy atom. The van der Waals surface area contributed by atoms with Crippen LogP contribution in [-0.4, -0.2) is 22.6 Å². The van der Waals surface area contributed by atoms with Crippen LogP contribution >= 0.6 is 0 Å². The zero-order valence-corrected chi connectivity index (χ0v) is 27.0. The van der Waals surface area contributed by atoms with E-state index in [1.54, 1.807) is 0 Å². The lowest BCUT2D eigenvalue weighted by Gasteiger charge is -2.19. The lowest BCUT2D eigenvalue weighted by atomic mass is 10.0. The zero-order valence-electron chi connectivity index (χ0n) is 26.0. The van der Waals surface area contributed by atoms with Crippen LogP contribution in [0.15, 0.2) is 144 Å². The molecule has 47 heavy (non-hydrogen) atoms. The van der Waals surface area contributed by atoms with E-state index in [0.717, 1.165) is 61.3 Å². The Morgan fingerprint density at radius 1 is 0.553 bits per heavy atom. The fourth-order valence-electron chi connectivity index (χ4n) is 7.70. The van der Waals surface area contributed by atoms with Gasteiger partial charge in [-0.2, -0.15) is 0 Å². The Labute approximate surface area is 272 Å². The first-order valence-corrected chi connectivity index (χ1v) is 19.1. The quantitative estimate of drug-likeness (QED) is 0.185. The molecule has 10 rings (SSSR count). The molecule has 3 aromatic heterocycles. The first-order valence-electron chi connectivity index (χ1n) is 16.1. The van der Waals surface area contributed by atoms with Crippen molar-refractivity contribution in [3.05, 3.63) is 140 Å². The van der Waals surface area contributed by atoms with Gasteiger partial charge in [-0.3, -0.25) is 0 Å². The number of hydrogen-bond donors (Lipinski definition) is 0. The zero-order chi connectivity index (χ0) is 31.3. The van der Waals surface area contributed by atoms with Gasteiger partial charge in [0.05, 0.1) is 16.7 Å². The van der Waals surface area contributed by atoms with Crippen molar-refractivity contribution in [2.75, 3.05) is 0 Å². The molecule has 0 aliphatic carbocycles. The van der Waals surface area contributed by atoms with Gasteiger partial charge in [0.1, 0.15) is 19.2 Å². The summed E-state index contributed by atoms with van der Waals surface area (Å²) in [7, 11) is -2.02. The van der Waals surface area contributed by atoms with Crippen molar-refractivity contribution in [2.24, 2.45) is 0 Å². The molecular weight excluding hydrogens is 591 g/mol. The number of hydrogen-bond acceptors (Lipinski definition) is 3. The summed E-state index contributed by atoms with van der Waals surface area (Å²) >= 11 is 0. The summed E-state index contributed by atoms with van der Waals surface area (Å²) in [6.07, 6.45) is 0. The van der Waals surface area contributed by atoms with Crippen LogP contribution in [0.4, 0.5) is 0 Å². The minimum Gasteiger partial charge on any atom is -0.456 e. The predicted molar refractivity (Wildman–Crippen MR) is 197 cm³/mol. The highest BCUT2D eigenvalue weighted by Gasteiger charge is 2.41. The van der Waals surface area contributed by atoms with E-state index in [1.807, 2.05) is 12.1 Å². The molecule has 5 heteroatoms. The summed E-state index contributed by atoms with van der Waals surface area (Å²) in [4.78, 5) is 10.7. The number of benzene rings is 6. The van der Waals surface area contributed by atoms with E-state index in [0.29, 0.717) is 0 Å². The highest BCUT2D eigenvalue weighted by atomic mass is 28.3. The Bertz CT molecular complexity index is 2700. The summed E-state index contributed by atoms with van der Waals surface area (Å²) in [5, 5.41) is 7.28. The van der Waals surface area contributed by atoms with Crippen molar-refractivity contribution in [1.29, 1.82) is 0 Å². The minimum atomic E-state index is -2.02. The average Bonchev–Trinajstić information content (AvgIpc) is 3.72. The lowest BCUT2D eigenvalue weighted by Crippen LogP contribution is -2.50. The second kappa shape index (κ2) is 9.61. The van der Waals surface area contributed by atoms with E-state index in [9.17, 15) is 0 Å². The third-order valence-electron chi connectivity index (χ3n) is 9.97. The number of fused-ring (bicyclic) bond motifs is 9. The van der Waals surface area contributed by atoms with Crippen molar-refractivity contribution in [1.82, 2.24) is 14.5 Å². The molecule has 0 unspecified atom stereocenters. The lowest BCUT2D eigenvalue weighted by molar-refractivity contribution is 0.669. The van der Waals surface area contributed by atoms with Crippen LogP contribution in [0.3, 0.4) is 0 Å². The summed E-state index contributed by atoms with van der Waals surface area (Å²) in [6.45, 7) is 4.82. The SMILES string of the molecule is C[Si]1(C)c2ccccc2-c2c(-c3ccccc3)nc(-c3ccc(-n4c5ccccc5c5cc6oc7ccccc7c6cc54)cc3)nc21. The first-order chi connectivity index (χ1) is 23.1. The van der Waals surface area contributed by atoms with Crippen LogP contribution in [0.1, 0.15) is 0 Å². The van der Waals surface area contributed by atoms with Gasteiger partial charge in [0.25, 0.3) is 0 Å². The topological polar surface area (TPSA) is 43.9 Å². The van der Waals surface area contributed by atoms with Gasteiger partial charge in [0, 0.05) is 49.2 Å². The number of rotatable bonds is 3. The van der Waals surface area contributed by atoms with Crippen molar-refractivity contribution < 1.29 is 4.42 Å². The minimum absolute atomic E-state index is 0.774. The molecule has 6 aromatic carbocycles. The van der Waals surface area contributed by atoms with Crippen LogP contribution < -0.4 is 10.5 Å². The smallest absolute Gasteiger partial charge is 0.159 e. The summed E-state index contributed by atoms with van der Waals surface area (Å²) in [6, 6.07) is 49.5. The van der Waals surface area contributed by atoms with Crippen molar-refractivity contribution in [3.8, 4) is 39.5 Å². The molecule has 0 saturated carbocycles. The molecule has 0 N–H and O–H groups in total. The Morgan fingerprint density at radius 3 is 2.13 bits per heavy atom. The molecule has 1 aliphatic heterocycles. The molecule has 0 spiro atoms. The molecule has 1 aliphatic rings. The predicted octanol–water partition coefficient (Wildman–Crippen LogP) is 9.61. The highest BCUT2D eigenvalue weighted by Crippen LogP contribution is 2.39. The van der Waals surface area contributed by atoms with Gasteiger partial charge in [-0.1, -0.05) is 104 Å². The fraction of sp³-hybridized carbons (Fsp3) is 0.0476. The average molecular weight is 620 g/mol. The summed E-state index contributed by atoms with van der Waals surface area (Å²) < 4.78 is 8.64. The van der Waals surface area contributed by atoms with Crippen LogP contribution in [0.25, 0.3) is 83.2 Å². The van der Waals surface area contributed by atoms with Gasteiger partial charge < -0.3 is 8.98 Å². The van der Waals surface area contributed by atoms with E-state index in [4.69, 9.17) is 14.4 Å². The molecule has 222 valence electrons. The van der Waals surface area contributed by atoms with Crippen molar-refractivity contribution in [2.45, 2.75) is 13.1 Å². The van der Waals surface area contributed by atoms with Gasteiger partial charge in [-0.25, -0.2) is 9.97 Å². The van der Waals surface area contributed by atoms with Gasteiger partial charge in [-0.05, 0) is 59.3 Å². The third-order valence-corrected chi connectivity index (χ3v) is 13.3. The standard InChI is InChI=1S/C42H29N3OSi/c1-47(2)38-19-11-8-16-31(38)39-40(26-12-4-3-5-13-26)43-41(44-42(39)47)27-20-22-28(23-21-27)45-34-17-9-6-14-29(34)32-25-37-33(24-35(32)45)30-15-7-10-18-36(30)46-37/h3-25H,1-2H3. The van der Waals surface area contributed by atoms with Gasteiger partial charge in [0.15, 0.2) is 5.82 Å². The Balaban J connectivity index is 1.16. The van der Waals surface area contributed by atoms with E-state index in [1.165, 1.54) is 32.4 Å². The molecule has 9 aromatic rings. The monoisotopic (exact) mass is 619 g/mol. The number of furan rings is 1. The fourth-order valence-corrected chi connectivity index (χ4v) is 10.6. The second-order valence-corrected chi connectivity index (χ2v) is 17.3. The molecule has 0 fully saturated rings. The van der Waals surface area contributed by atoms with Crippen LogP contribution in [0.5, 0.6) is 0 Å². The van der Waals surface area contributed by atoms with E-state index >= 15 is 0 Å².